The topological polar surface area (TPSA) is 50.6 Å². The summed E-state index contributed by atoms with van der Waals surface area (Å²) in [5.74, 6) is 2.04. The summed E-state index contributed by atoms with van der Waals surface area (Å²) in [5, 5.41) is 0. The van der Waals surface area contributed by atoms with Gasteiger partial charge in [-0.1, -0.05) is 15.9 Å². The molecule has 4 heterocycles. The van der Waals surface area contributed by atoms with E-state index in [2.05, 4.69) is 25.4 Å². The van der Waals surface area contributed by atoms with Crippen LogP contribution < -0.4 is 4.90 Å². The molecule has 3 aliphatic heterocycles. The van der Waals surface area contributed by atoms with E-state index in [-0.39, 0.29) is 17.4 Å². The lowest BCUT2D eigenvalue weighted by Gasteiger charge is -2.34. The lowest BCUT2D eigenvalue weighted by atomic mass is 9.99. The smallest absolute Gasteiger partial charge is 0.265 e. The van der Waals surface area contributed by atoms with Gasteiger partial charge >= 0.3 is 0 Å². The first-order valence-electron chi connectivity index (χ1n) is 10.2. The van der Waals surface area contributed by atoms with Crippen molar-refractivity contribution in [2.45, 2.75) is 45.2 Å². The Kier molecular flexibility index (Phi) is 5.05. The molecule has 0 aliphatic carbocycles. The van der Waals surface area contributed by atoms with Gasteiger partial charge in [0.25, 0.3) is 6.43 Å². The van der Waals surface area contributed by atoms with Crippen molar-refractivity contribution < 1.29 is 18.3 Å². The van der Waals surface area contributed by atoms with Gasteiger partial charge in [-0.2, -0.15) is 0 Å². The fraction of sp³-hybridized carbons (Fsp3) is 0.524. The van der Waals surface area contributed by atoms with Crippen LogP contribution in [0.15, 0.2) is 16.6 Å². The lowest BCUT2D eigenvalue weighted by molar-refractivity contribution is -0.130. The van der Waals surface area contributed by atoms with Gasteiger partial charge in [0.1, 0.15) is 5.82 Å². The number of fused-ring (bicyclic) bond motifs is 2. The maximum Gasteiger partial charge on any atom is 0.265 e. The molecule has 160 valence electrons. The number of ether oxygens (including phenoxy) is 1. The van der Waals surface area contributed by atoms with Gasteiger partial charge < -0.3 is 19.1 Å². The summed E-state index contributed by atoms with van der Waals surface area (Å²) >= 11 is 3.30. The molecule has 3 aliphatic rings. The highest BCUT2D eigenvalue weighted by molar-refractivity contribution is 9.10. The van der Waals surface area contributed by atoms with Crippen LogP contribution >= 0.6 is 15.9 Å². The summed E-state index contributed by atoms with van der Waals surface area (Å²) in [6.45, 7) is 5.40. The second kappa shape index (κ2) is 7.60. The Hall–Kier alpha value is -2.00. The van der Waals surface area contributed by atoms with Crippen LogP contribution in [0.25, 0.3) is 0 Å². The number of rotatable bonds is 3. The Morgan fingerprint density at radius 2 is 2.07 bits per heavy atom. The lowest BCUT2D eigenvalue weighted by Crippen LogP contribution is -2.39. The van der Waals surface area contributed by atoms with Crippen molar-refractivity contribution in [2.75, 3.05) is 31.2 Å². The van der Waals surface area contributed by atoms with Crippen LogP contribution in [0.2, 0.25) is 0 Å². The molecule has 0 bridgehead atoms. The van der Waals surface area contributed by atoms with Gasteiger partial charge in [-0.25, -0.2) is 13.8 Å². The number of benzene rings is 1. The number of halogens is 3. The zero-order valence-corrected chi connectivity index (χ0v) is 18.3. The Balaban J connectivity index is 1.62. The number of hydrogen-bond donors (Lipinski definition) is 0. The van der Waals surface area contributed by atoms with E-state index in [4.69, 9.17) is 9.72 Å². The highest BCUT2D eigenvalue weighted by Crippen LogP contribution is 2.42. The van der Waals surface area contributed by atoms with Crippen LogP contribution in [-0.4, -0.2) is 46.7 Å². The SMILES string of the molecule is CC(=O)N1CCn2c(C3COC3)nc(N3CCCc4cc(Br)c(C(F)F)cc43)c2C1. The summed E-state index contributed by atoms with van der Waals surface area (Å²) in [4.78, 5) is 20.9. The van der Waals surface area contributed by atoms with Crippen molar-refractivity contribution >= 4 is 33.3 Å². The van der Waals surface area contributed by atoms with Crippen molar-refractivity contribution in [3.05, 3.63) is 39.3 Å². The summed E-state index contributed by atoms with van der Waals surface area (Å²) in [6, 6.07) is 3.40. The second-order valence-electron chi connectivity index (χ2n) is 8.13. The average molecular weight is 481 g/mol. The van der Waals surface area contributed by atoms with Crippen molar-refractivity contribution in [1.29, 1.82) is 0 Å². The molecule has 0 unspecified atom stereocenters. The molecule has 5 rings (SSSR count). The first kappa shape index (κ1) is 19.9. The van der Waals surface area contributed by atoms with Crippen molar-refractivity contribution in [1.82, 2.24) is 14.5 Å². The number of alkyl halides is 2. The summed E-state index contributed by atoms with van der Waals surface area (Å²) < 4.78 is 35.2. The normalized spacial score (nSPS) is 19.0. The zero-order chi connectivity index (χ0) is 21.0. The number of anilines is 2. The van der Waals surface area contributed by atoms with Crippen LogP contribution in [0, 0.1) is 0 Å². The van der Waals surface area contributed by atoms with Crippen molar-refractivity contribution in [3.63, 3.8) is 0 Å². The van der Waals surface area contributed by atoms with Gasteiger partial charge in [-0.15, -0.1) is 0 Å². The molecule has 1 aromatic heterocycles. The second-order valence-corrected chi connectivity index (χ2v) is 8.98. The molecule has 1 saturated heterocycles. The highest BCUT2D eigenvalue weighted by Gasteiger charge is 2.35. The molecule has 0 atom stereocenters. The van der Waals surface area contributed by atoms with Gasteiger partial charge in [0.15, 0.2) is 5.82 Å². The molecule has 2 aromatic rings. The van der Waals surface area contributed by atoms with Crippen LogP contribution in [-0.2, 0) is 29.0 Å². The minimum absolute atomic E-state index is 0.00768. The standard InChI is InChI=1S/C21H23BrF2N4O2/c1-12(29)26-5-6-28-18(9-26)21(25-20(28)14-10-30-11-14)27-4-2-3-13-7-16(22)15(19(23)24)8-17(13)27/h7-8,14,19H,2-6,9-11H2,1H3. The minimum atomic E-state index is -2.56. The Bertz CT molecular complexity index is 1010. The van der Waals surface area contributed by atoms with Crippen molar-refractivity contribution in [3.8, 4) is 0 Å². The molecule has 9 heteroatoms. The van der Waals surface area contributed by atoms with Gasteiger partial charge in [-0.05, 0) is 30.5 Å². The van der Waals surface area contributed by atoms with Gasteiger partial charge in [0.2, 0.25) is 5.91 Å². The number of carbonyl (C=O) groups excluding carboxylic acids is 1. The highest BCUT2D eigenvalue weighted by atomic mass is 79.9. The van der Waals surface area contributed by atoms with Gasteiger partial charge in [0, 0.05) is 42.3 Å². The van der Waals surface area contributed by atoms with E-state index in [9.17, 15) is 13.6 Å². The molecule has 0 saturated carbocycles. The maximum atomic E-state index is 13.6. The van der Waals surface area contributed by atoms with E-state index >= 15 is 0 Å². The van der Waals surface area contributed by atoms with E-state index in [1.54, 1.807) is 13.0 Å². The number of amides is 1. The number of imidazole rings is 1. The largest absolute Gasteiger partial charge is 0.380 e. The van der Waals surface area contributed by atoms with E-state index < -0.39 is 6.43 Å². The maximum absolute atomic E-state index is 13.6. The molecule has 1 fully saturated rings. The van der Waals surface area contributed by atoms with E-state index in [1.807, 2.05) is 11.0 Å². The van der Waals surface area contributed by atoms with E-state index in [0.717, 1.165) is 41.4 Å². The van der Waals surface area contributed by atoms with Gasteiger partial charge in [0.05, 0.1) is 31.4 Å². The summed E-state index contributed by atoms with van der Waals surface area (Å²) in [5.41, 5.74) is 2.79. The molecule has 1 aromatic carbocycles. The third-order valence-corrected chi connectivity index (χ3v) is 6.96. The first-order valence-corrected chi connectivity index (χ1v) is 11.0. The molecular formula is C21H23BrF2N4O2. The predicted molar refractivity (Wildman–Crippen MR) is 111 cm³/mol. The molecule has 0 N–H and O–H groups in total. The Morgan fingerprint density at radius 3 is 2.73 bits per heavy atom. The molecule has 6 nitrogen and oxygen atoms in total. The number of carbonyl (C=O) groups is 1. The average Bonchev–Trinajstić information content (AvgIpc) is 3.03. The van der Waals surface area contributed by atoms with Gasteiger partial charge in [-0.3, -0.25) is 4.79 Å². The fourth-order valence-electron chi connectivity index (χ4n) is 4.57. The number of aryl methyl sites for hydroxylation is 1. The zero-order valence-electron chi connectivity index (χ0n) is 16.7. The fourth-order valence-corrected chi connectivity index (χ4v) is 5.13. The van der Waals surface area contributed by atoms with E-state index in [0.29, 0.717) is 43.9 Å². The van der Waals surface area contributed by atoms with Crippen LogP contribution in [0.4, 0.5) is 20.3 Å². The third-order valence-electron chi connectivity index (χ3n) is 6.27. The van der Waals surface area contributed by atoms with Crippen LogP contribution in [0.5, 0.6) is 0 Å². The Labute approximate surface area is 181 Å². The minimum Gasteiger partial charge on any atom is -0.380 e. The molecule has 1 amide bonds. The molecular weight excluding hydrogens is 458 g/mol. The third kappa shape index (κ3) is 3.22. The number of aromatic nitrogens is 2. The summed E-state index contributed by atoms with van der Waals surface area (Å²) in [7, 11) is 0. The van der Waals surface area contributed by atoms with Crippen LogP contribution in [0.1, 0.15) is 48.3 Å². The van der Waals surface area contributed by atoms with Crippen molar-refractivity contribution in [2.24, 2.45) is 0 Å². The molecule has 30 heavy (non-hydrogen) atoms. The number of nitrogens with zero attached hydrogens (tertiary/aromatic N) is 4. The summed E-state index contributed by atoms with van der Waals surface area (Å²) in [6.07, 6.45) is -0.800. The Morgan fingerprint density at radius 1 is 1.27 bits per heavy atom. The molecule has 0 radical (unpaired) electrons. The monoisotopic (exact) mass is 480 g/mol. The predicted octanol–water partition coefficient (Wildman–Crippen LogP) is 4.14. The van der Waals surface area contributed by atoms with E-state index in [1.165, 1.54) is 0 Å². The number of hydrogen-bond acceptors (Lipinski definition) is 4. The first-order chi connectivity index (χ1) is 14.4. The van der Waals surface area contributed by atoms with Crippen LogP contribution in [0.3, 0.4) is 0 Å². The molecule has 0 spiro atoms. The quantitative estimate of drug-likeness (QED) is 0.662.